The molecule has 0 saturated carbocycles. The molecule has 156 valence electrons. The van der Waals surface area contributed by atoms with Crippen molar-refractivity contribution in [1.82, 2.24) is 0 Å². The van der Waals surface area contributed by atoms with E-state index in [0.717, 1.165) is 35.5 Å². The zero-order chi connectivity index (χ0) is 21.3. The van der Waals surface area contributed by atoms with Crippen LogP contribution in [-0.4, -0.2) is 12.7 Å². The topological polar surface area (TPSA) is 50.4 Å². The normalized spacial score (nSPS) is 10.7. The Bertz CT molecular complexity index is 951. The third-order valence-corrected chi connectivity index (χ3v) is 4.92. The highest BCUT2D eigenvalue weighted by Gasteiger charge is 2.11. The molecule has 0 atom stereocenters. The summed E-state index contributed by atoms with van der Waals surface area (Å²) in [4.78, 5) is 12.1. The summed E-state index contributed by atoms with van der Waals surface area (Å²) in [5.41, 5.74) is 6.28. The van der Waals surface area contributed by atoms with E-state index in [2.05, 4.69) is 54.8 Å². The summed E-state index contributed by atoms with van der Waals surface area (Å²) in [6.07, 6.45) is 0.361. The second-order valence-corrected chi connectivity index (χ2v) is 7.64. The van der Waals surface area contributed by atoms with Crippen LogP contribution in [0.1, 0.15) is 44.2 Å². The lowest BCUT2D eigenvalue weighted by Gasteiger charge is -2.15. The largest absolute Gasteiger partial charge is 0.449 e. The molecule has 2 N–H and O–H groups in total. The van der Waals surface area contributed by atoms with Gasteiger partial charge in [-0.1, -0.05) is 75.4 Å². The first kappa shape index (κ1) is 21.4. The number of rotatable bonds is 8. The first-order chi connectivity index (χ1) is 14.6. The Balaban J connectivity index is 1.78. The lowest BCUT2D eigenvalue weighted by molar-refractivity contribution is 0.161. The molecule has 3 aromatic carbocycles. The van der Waals surface area contributed by atoms with Crippen molar-refractivity contribution in [3.05, 3.63) is 83.9 Å². The molecule has 1 amide bonds. The maximum atomic E-state index is 12.1. The van der Waals surface area contributed by atoms with Crippen molar-refractivity contribution >= 4 is 17.5 Å². The molecular formula is C26H30N2O2. The van der Waals surface area contributed by atoms with E-state index in [9.17, 15) is 4.79 Å². The summed E-state index contributed by atoms with van der Waals surface area (Å²) in [5.74, 6) is 0.532. The van der Waals surface area contributed by atoms with Gasteiger partial charge in [0.15, 0.2) is 0 Å². The summed E-state index contributed by atoms with van der Waals surface area (Å²) >= 11 is 0. The molecule has 0 radical (unpaired) electrons. The van der Waals surface area contributed by atoms with E-state index in [1.807, 2.05) is 49.4 Å². The predicted molar refractivity (Wildman–Crippen MR) is 125 cm³/mol. The standard InChI is InChI=1S/C26H30N2O2/c1-4-16-30-26(29)28-25-15-14-23(17-24(25)22-8-6-5-7-9-22)27-18-20-10-12-21(13-11-20)19(2)3/h5-15,17,19,27H,4,16,18H2,1-3H3,(H,28,29). The molecule has 0 spiro atoms. The average Bonchev–Trinajstić information content (AvgIpc) is 2.78. The minimum Gasteiger partial charge on any atom is -0.449 e. The molecule has 4 heteroatoms. The summed E-state index contributed by atoms with van der Waals surface area (Å²) in [6.45, 7) is 7.51. The van der Waals surface area contributed by atoms with Crippen molar-refractivity contribution in [2.45, 2.75) is 39.7 Å². The summed E-state index contributed by atoms with van der Waals surface area (Å²) < 4.78 is 5.18. The molecule has 0 aromatic heterocycles. The smallest absolute Gasteiger partial charge is 0.411 e. The third-order valence-electron chi connectivity index (χ3n) is 4.92. The molecule has 0 heterocycles. The molecule has 3 aromatic rings. The molecule has 0 bridgehead atoms. The van der Waals surface area contributed by atoms with Crippen LogP contribution >= 0.6 is 0 Å². The lowest BCUT2D eigenvalue weighted by Crippen LogP contribution is -2.14. The van der Waals surface area contributed by atoms with Gasteiger partial charge >= 0.3 is 6.09 Å². The van der Waals surface area contributed by atoms with Gasteiger partial charge in [-0.05, 0) is 47.2 Å². The van der Waals surface area contributed by atoms with E-state index in [1.165, 1.54) is 11.1 Å². The van der Waals surface area contributed by atoms with Crippen LogP contribution in [0.5, 0.6) is 0 Å². The number of nitrogens with one attached hydrogen (secondary N) is 2. The second-order valence-electron chi connectivity index (χ2n) is 7.64. The summed E-state index contributed by atoms with van der Waals surface area (Å²) in [6, 6.07) is 24.7. The van der Waals surface area contributed by atoms with Crippen LogP contribution < -0.4 is 10.6 Å². The van der Waals surface area contributed by atoms with Gasteiger partial charge in [-0.3, -0.25) is 5.32 Å². The zero-order valence-corrected chi connectivity index (χ0v) is 17.9. The molecule has 0 aliphatic carbocycles. The van der Waals surface area contributed by atoms with Crippen molar-refractivity contribution in [1.29, 1.82) is 0 Å². The van der Waals surface area contributed by atoms with Gasteiger partial charge in [0.2, 0.25) is 0 Å². The van der Waals surface area contributed by atoms with E-state index in [1.54, 1.807) is 0 Å². The Kier molecular flexibility index (Phi) is 7.50. The number of hydrogen-bond donors (Lipinski definition) is 2. The maximum absolute atomic E-state index is 12.1. The minimum atomic E-state index is -0.431. The van der Waals surface area contributed by atoms with Crippen molar-refractivity contribution in [2.75, 3.05) is 17.2 Å². The van der Waals surface area contributed by atoms with E-state index in [-0.39, 0.29) is 0 Å². The second kappa shape index (κ2) is 10.5. The summed E-state index contributed by atoms with van der Waals surface area (Å²) in [7, 11) is 0. The molecular weight excluding hydrogens is 372 g/mol. The molecule has 0 unspecified atom stereocenters. The van der Waals surface area contributed by atoms with Gasteiger partial charge in [0.25, 0.3) is 0 Å². The van der Waals surface area contributed by atoms with Crippen LogP contribution in [0.15, 0.2) is 72.8 Å². The number of hydrogen-bond acceptors (Lipinski definition) is 3. The highest BCUT2D eigenvalue weighted by molar-refractivity contribution is 5.92. The Morgan fingerprint density at radius 2 is 1.70 bits per heavy atom. The molecule has 0 fully saturated rings. The molecule has 4 nitrogen and oxygen atoms in total. The SMILES string of the molecule is CCCOC(=O)Nc1ccc(NCc2ccc(C(C)C)cc2)cc1-c1ccccc1. The van der Waals surface area contributed by atoms with Crippen molar-refractivity contribution in [2.24, 2.45) is 0 Å². The first-order valence-corrected chi connectivity index (χ1v) is 10.5. The van der Waals surface area contributed by atoms with Gasteiger partial charge in [0, 0.05) is 17.8 Å². The van der Waals surface area contributed by atoms with Crippen LogP contribution in [0.2, 0.25) is 0 Å². The van der Waals surface area contributed by atoms with Crippen molar-refractivity contribution in [3.8, 4) is 11.1 Å². The van der Waals surface area contributed by atoms with Gasteiger partial charge < -0.3 is 10.1 Å². The number of anilines is 2. The average molecular weight is 403 g/mol. The third kappa shape index (κ3) is 5.86. The Morgan fingerprint density at radius 1 is 0.967 bits per heavy atom. The number of amides is 1. The van der Waals surface area contributed by atoms with Gasteiger partial charge in [-0.25, -0.2) is 4.79 Å². The Morgan fingerprint density at radius 3 is 2.37 bits per heavy atom. The zero-order valence-electron chi connectivity index (χ0n) is 17.9. The highest BCUT2D eigenvalue weighted by Crippen LogP contribution is 2.31. The molecule has 0 saturated heterocycles. The molecule has 30 heavy (non-hydrogen) atoms. The summed E-state index contributed by atoms with van der Waals surface area (Å²) in [5, 5.41) is 6.36. The monoisotopic (exact) mass is 402 g/mol. The first-order valence-electron chi connectivity index (χ1n) is 10.5. The van der Waals surface area contributed by atoms with E-state index in [4.69, 9.17) is 4.74 Å². The van der Waals surface area contributed by atoms with Gasteiger partial charge in [0.1, 0.15) is 0 Å². The molecule has 0 aliphatic rings. The fourth-order valence-electron chi connectivity index (χ4n) is 3.19. The number of ether oxygens (including phenoxy) is 1. The number of carbonyl (C=O) groups is 1. The van der Waals surface area contributed by atoms with Gasteiger partial charge in [-0.2, -0.15) is 0 Å². The van der Waals surface area contributed by atoms with E-state index < -0.39 is 6.09 Å². The van der Waals surface area contributed by atoms with Crippen LogP contribution in [0.25, 0.3) is 11.1 Å². The molecule has 3 rings (SSSR count). The van der Waals surface area contributed by atoms with Crippen molar-refractivity contribution < 1.29 is 9.53 Å². The van der Waals surface area contributed by atoms with E-state index in [0.29, 0.717) is 12.5 Å². The maximum Gasteiger partial charge on any atom is 0.411 e. The van der Waals surface area contributed by atoms with Crippen molar-refractivity contribution in [3.63, 3.8) is 0 Å². The number of benzene rings is 3. The lowest BCUT2D eigenvalue weighted by atomic mass is 10.0. The predicted octanol–water partition coefficient (Wildman–Crippen LogP) is 7.05. The fourth-order valence-corrected chi connectivity index (χ4v) is 3.19. The van der Waals surface area contributed by atoms with E-state index >= 15 is 0 Å². The van der Waals surface area contributed by atoms with Crippen LogP contribution in [0.4, 0.5) is 16.2 Å². The highest BCUT2D eigenvalue weighted by atomic mass is 16.5. The van der Waals surface area contributed by atoms with Crippen LogP contribution in [0, 0.1) is 0 Å². The minimum absolute atomic E-state index is 0.405. The quantitative estimate of drug-likeness (QED) is 0.424. The number of carbonyl (C=O) groups excluding carboxylic acids is 1. The fraction of sp³-hybridized carbons (Fsp3) is 0.269. The van der Waals surface area contributed by atoms with Crippen LogP contribution in [0.3, 0.4) is 0 Å². The van der Waals surface area contributed by atoms with Crippen LogP contribution in [-0.2, 0) is 11.3 Å². The van der Waals surface area contributed by atoms with Gasteiger partial charge in [-0.15, -0.1) is 0 Å². The Labute approximate surface area is 179 Å². The Hall–Kier alpha value is -3.27. The van der Waals surface area contributed by atoms with Gasteiger partial charge in [0.05, 0.1) is 12.3 Å². The molecule has 0 aliphatic heterocycles.